The van der Waals surface area contributed by atoms with E-state index in [1.807, 2.05) is 49.5 Å². The van der Waals surface area contributed by atoms with Crippen molar-refractivity contribution >= 4 is 33.4 Å². The van der Waals surface area contributed by atoms with Crippen LogP contribution in [0.4, 0.5) is 5.82 Å². The average molecular weight is 1100 g/mol. The van der Waals surface area contributed by atoms with Crippen LogP contribution in [0.3, 0.4) is 0 Å². The van der Waals surface area contributed by atoms with Crippen molar-refractivity contribution in [2.24, 2.45) is 5.92 Å². The van der Waals surface area contributed by atoms with Gasteiger partial charge in [-0.2, -0.15) is 9.29 Å². The molecule has 0 radical (unpaired) electrons. The lowest BCUT2D eigenvalue weighted by Gasteiger charge is -2.21. The van der Waals surface area contributed by atoms with Crippen LogP contribution < -0.4 is 11.4 Å². The lowest BCUT2D eigenvalue weighted by atomic mass is 10.0. The van der Waals surface area contributed by atoms with Crippen molar-refractivity contribution in [1.29, 1.82) is 0 Å². The molecule has 75 heavy (non-hydrogen) atoms. The molecule has 428 valence electrons. The molecule has 0 amide bonds. The minimum atomic E-state index is -5.45. The second kappa shape index (κ2) is 40.6. The maximum Gasteiger partial charge on any atom is 0.481 e. The van der Waals surface area contributed by atoms with Gasteiger partial charge < -0.3 is 45.1 Å². The number of aliphatic hydroxyl groups excluding tert-OH is 3. The number of hydrogen-bond donors (Lipinski definition) is 6. The molecule has 2 heterocycles. The monoisotopic (exact) mass is 1100 g/mol. The Morgan fingerprint density at radius 1 is 0.733 bits per heavy atom. The van der Waals surface area contributed by atoms with Crippen LogP contribution in [0.1, 0.15) is 188 Å². The van der Waals surface area contributed by atoms with Gasteiger partial charge in [0.25, 0.3) is 0 Å². The molecule has 7 N–H and O–H groups in total. The fraction of sp³-hybridized carbons (Fsp3) is 0.704. The number of phosphoric ester groups is 2. The molecule has 0 spiro atoms. The number of nitrogens with zero attached hydrogens (tertiary/aromatic N) is 2. The maximum atomic E-state index is 12.9. The fourth-order valence-electron chi connectivity index (χ4n) is 7.84. The largest absolute Gasteiger partial charge is 0.481 e. The third-order valence-electron chi connectivity index (χ3n) is 12.2. The predicted molar refractivity (Wildman–Crippen MR) is 290 cm³/mol. The summed E-state index contributed by atoms with van der Waals surface area (Å²) >= 11 is 0. The molecule has 1 aliphatic rings. The Labute approximate surface area is 445 Å². The number of nitrogens with two attached hydrogens (primary N) is 1. The van der Waals surface area contributed by atoms with E-state index < -0.39 is 89.8 Å². The number of allylic oxidation sites excluding steroid dienone is 9. The molecule has 0 bridgehead atoms. The normalized spacial score (nSPS) is 19.7. The summed E-state index contributed by atoms with van der Waals surface area (Å²) in [6, 6.07) is 1.24. The first-order valence-corrected chi connectivity index (χ1v) is 30.3. The molecule has 2 unspecified atom stereocenters. The van der Waals surface area contributed by atoms with E-state index in [0.29, 0.717) is 32.1 Å². The summed E-state index contributed by atoms with van der Waals surface area (Å²) in [4.78, 5) is 62.0. The van der Waals surface area contributed by atoms with Gasteiger partial charge in [-0.25, -0.2) is 13.9 Å². The van der Waals surface area contributed by atoms with Crippen molar-refractivity contribution < 1.29 is 71.4 Å². The highest BCUT2D eigenvalue weighted by Gasteiger charge is 2.46. The van der Waals surface area contributed by atoms with Crippen molar-refractivity contribution in [3.63, 3.8) is 0 Å². The van der Waals surface area contributed by atoms with Gasteiger partial charge in [0, 0.05) is 19.0 Å². The molecule has 0 aromatic carbocycles. The number of anilines is 1. The lowest BCUT2D eigenvalue weighted by Crippen LogP contribution is -2.36. The van der Waals surface area contributed by atoms with Crippen molar-refractivity contribution in [1.82, 2.24) is 9.55 Å². The van der Waals surface area contributed by atoms with E-state index in [-0.39, 0.29) is 18.7 Å². The zero-order chi connectivity index (χ0) is 55.2. The molecule has 0 aliphatic carbocycles. The third-order valence-corrected chi connectivity index (χ3v) is 14.8. The van der Waals surface area contributed by atoms with Crippen LogP contribution in [0.2, 0.25) is 0 Å². The number of aliphatic hydroxyl groups is 3. The molecular formula is C54H91N3O16P2. The zero-order valence-corrected chi connectivity index (χ0v) is 46.7. The maximum absolute atomic E-state index is 12.9. The first-order chi connectivity index (χ1) is 35.9. The van der Waals surface area contributed by atoms with E-state index in [0.717, 1.165) is 55.2 Å². The van der Waals surface area contributed by atoms with Gasteiger partial charge in [0.05, 0.1) is 19.3 Å². The Balaban J connectivity index is 1.80. The number of carbonyl (C=O) groups excluding carboxylic acids is 2. The topological polar surface area (TPSA) is 286 Å². The summed E-state index contributed by atoms with van der Waals surface area (Å²) in [5, 5.41) is 30.5. The smallest absolute Gasteiger partial charge is 0.462 e. The first kappa shape index (κ1) is 67.5. The van der Waals surface area contributed by atoms with Crippen molar-refractivity contribution in [3.05, 3.63) is 83.5 Å². The highest BCUT2D eigenvalue weighted by atomic mass is 31.3. The SMILES string of the molecule is CC[C@@H](O)/C=C/C=C\C/C=C\C/C=C\C/C=C\CCCC(=O)O[C@H](COC(=O)CCCCCCCCCCCCCCCCCCC(C)C)COP(=O)(O)OP(=O)(O)OC[C@H]1O[C@@H](n2ccc(N)nc2=O)[C@H](O)[C@@H]1O. The summed E-state index contributed by atoms with van der Waals surface area (Å²) in [6.45, 7) is 4.12. The van der Waals surface area contributed by atoms with Gasteiger partial charge in [-0.3, -0.25) is 23.2 Å². The third kappa shape index (κ3) is 34.0. The van der Waals surface area contributed by atoms with E-state index >= 15 is 0 Å². The number of unbranched alkanes of at least 4 members (excludes halogenated alkanes) is 16. The zero-order valence-electron chi connectivity index (χ0n) is 44.9. The van der Waals surface area contributed by atoms with Gasteiger partial charge >= 0.3 is 33.3 Å². The number of hydrogen-bond acceptors (Lipinski definition) is 16. The van der Waals surface area contributed by atoms with Gasteiger partial charge in [-0.1, -0.05) is 184 Å². The van der Waals surface area contributed by atoms with Gasteiger partial charge in [0.1, 0.15) is 30.7 Å². The Hall–Kier alpha value is -3.58. The molecule has 0 saturated carbocycles. The van der Waals surface area contributed by atoms with Gasteiger partial charge in [0.15, 0.2) is 12.3 Å². The van der Waals surface area contributed by atoms with Gasteiger partial charge in [0.2, 0.25) is 0 Å². The van der Waals surface area contributed by atoms with E-state index in [2.05, 4.69) is 35.3 Å². The van der Waals surface area contributed by atoms with E-state index in [9.17, 15) is 48.6 Å². The van der Waals surface area contributed by atoms with Gasteiger partial charge in [-0.05, 0) is 56.9 Å². The molecule has 1 aromatic heterocycles. The van der Waals surface area contributed by atoms with Crippen molar-refractivity contribution in [3.8, 4) is 0 Å². The lowest BCUT2D eigenvalue weighted by molar-refractivity contribution is -0.161. The Morgan fingerprint density at radius 3 is 1.84 bits per heavy atom. The molecule has 1 fully saturated rings. The van der Waals surface area contributed by atoms with Crippen LogP contribution in [0, 0.1) is 5.92 Å². The molecule has 1 aliphatic heterocycles. The predicted octanol–water partition coefficient (Wildman–Crippen LogP) is 10.7. The highest BCUT2D eigenvalue weighted by molar-refractivity contribution is 7.61. The summed E-state index contributed by atoms with van der Waals surface area (Å²) < 4.78 is 56.8. The molecule has 1 aromatic rings. The Morgan fingerprint density at radius 2 is 1.27 bits per heavy atom. The van der Waals surface area contributed by atoms with Crippen LogP contribution in [-0.4, -0.2) is 96.9 Å². The number of esters is 2. The molecule has 1 saturated heterocycles. The van der Waals surface area contributed by atoms with Crippen LogP contribution in [-0.2, 0) is 46.3 Å². The minimum absolute atomic E-state index is 0.0429. The second-order valence-corrected chi connectivity index (χ2v) is 22.4. The summed E-state index contributed by atoms with van der Waals surface area (Å²) in [5.74, 6) is -0.580. The summed E-state index contributed by atoms with van der Waals surface area (Å²) in [6.07, 6.45) is 36.9. The number of phosphoric acid groups is 2. The standard InChI is InChI=1S/C54H91N3O16P2/c1-4-45(58)36-32-28-24-20-16-12-9-10-14-18-22-26-30-34-38-50(60)71-46(41-68-49(59)37-33-29-25-21-17-13-8-6-5-7-11-15-19-23-27-31-35-44(2)3)42-69-74(64,65)73-75(66,67)70-43-47-51(61)52(62)53(72-47)57-40-39-48(55)56-54(57)63/h10,12,14,16,22,24,26,28,32,36,39-40,44-47,51-53,58,61-62H,4-9,11,13,15,17-21,23,25,27,29-31,33-35,37-38,41-43H2,1-3H3,(H,64,65)(H,66,67)(H2,55,56,63)/b14-10-,16-12-,26-22-,28-24-,36-32+/t45-,46-,47-,51-,52-,53-/m1/s1. The van der Waals surface area contributed by atoms with E-state index in [1.54, 1.807) is 6.08 Å². The number of ether oxygens (including phenoxy) is 3. The molecule has 8 atom stereocenters. The first-order valence-electron chi connectivity index (χ1n) is 27.3. The summed E-state index contributed by atoms with van der Waals surface area (Å²) in [7, 11) is -10.9. The second-order valence-electron chi connectivity index (χ2n) is 19.4. The van der Waals surface area contributed by atoms with Crippen LogP contribution in [0.15, 0.2) is 77.8 Å². The van der Waals surface area contributed by atoms with Crippen molar-refractivity contribution in [2.75, 3.05) is 25.6 Å². The highest BCUT2D eigenvalue weighted by Crippen LogP contribution is 2.60. The number of carbonyl (C=O) groups is 2. The van der Waals surface area contributed by atoms with Crippen molar-refractivity contribution in [2.45, 2.75) is 218 Å². The van der Waals surface area contributed by atoms with Crippen LogP contribution in [0.25, 0.3) is 0 Å². The molecule has 19 nitrogen and oxygen atoms in total. The number of aromatic nitrogens is 2. The van der Waals surface area contributed by atoms with Crippen LogP contribution in [0.5, 0.6) is 0 Å². The van der Waals surface area contributed by atoms with E-state index in [1.165, 1.54) is 83.1 Å². The minimum Gasteiger partial charge on any atom is -0.462 e. The molecule has 2 rings (SSSR count). The summed E-state index contributed by atoms with van der Waals surface area (Å²) in [5.41, 5.74) is 4.58. The van der Waals surface area contributed by atoms with E-state index in [4.69, 9.17) is 29.0 Å². The molecular weight excluding hydrogens is 1010 g/mol. The Bertz CT molecular complexity index is 2030. The number of rotatable bonds is 44. The van der Waals surface area contributed by atoms with Crippen LogP contribution >= 0.6 is 15.6 Å². The number of nitrogen functional groups attached to an aromatic ring is 1. The van der Waals surface area contributed by atoms with Gasteiger partial charge in [-0.15, -0.1) is 0 Å². The fourth-order valence-corrected chi connectivity index (χ4v) is 9.95. The molecule has 21 heteroatoms. The average Bonchev–Trinajstić information content (AvgIpc) is 3.64. The quantitative estimate of drug-likeness (QED) is 0.0116. The Kier molecular flexibility index (Phi) is 36.6.